The van der Waals surface area contributed by atoms with Crippen LogP contribution in [0.15, 0.2) is 134 Å². The van der Waals surface area contributed by atoms with E-state index >= 15 is 0 Å². The van der Waals surface area contributed by atoms with Gasteiger partial charge in [-0.05, 0) is 28.8 Å². The van der Waals surface area contributed by atoms with Crippen LogP contribution in [0.4, 0.5) is 0 Å². The van der Waals surface area contributed by atoms with Gasteiger partial charge in [0.15, 0.2) is 0 Å². The van der Waals surface area contributed by atoms with Crippen molar-refractivity contribution in [2.45, 2.75) is 5.41 Å². The number of nitrogens with zero attached hydrogens (tertiary/aromatic N) is 2. The van der Waals surface area contributed by atoms with E-state index in [4.69, 9.17) is 9.72 Å². The molecule has 0 saturated carbocycles. The molecule has 3 nitrogen and oxygen atoms in total. The Hall–Kier alpha value is -4.24. The highest BCUT2D eigenvalue weighted by molar-refractivity contribution is 5.60. The Kier molecular flexibility index (Phi) is 5.46. The molecule has 0 atom stereocenters. The van der Waals surface area contributed by atoms with Gasteiger partial charge in [-0.25, -0.2) is 4.98 Å². The number of hydrogen-bond acceptors (Lipinski definition) is 3. The van der Waals surface area contributed by atoms with Gasteiger partial charge in [0.25, 0.3) is 0 Å². The summed E-state index contributed by atoms with van der Waals surface area (Å²) in [7, 11) is 0. The topological polar surface area (TPSA) is 35.0 Å². The van der Waals surface area contributed by atoms with Gasteiger partial charge in [0.2, 0.25) is 5.88 Å². The minimum absolute atomic E-state index is 0.482. The van der Waals surface area contributed by atoms with Crippen LogP contribution in [0.5, 0.6) is 11.6 Å². The summed E-state index contributed by atoms with van der Waals surface area (Å²) in [4.78, 5) is 9.52. The molecule has 0 N–H and O–H groups in total. The van der Waals surface area contributed by atoms with Crippen LogP contribution in [-0.4, -0.2) is 9.97 Å². The van der Waals surface area contributed by atoms with Gasteiger partial charge < -0.3 is 4.74 Å². The van der Waals surface area contributed by atoms with Crippen molar-refractivity contribution in [1.82, 2.24) is 9.97 Å². The van der Waals surface area contributed by atoms with Crippen LogP contribution in [0.1, 0.15) is 22.4 Å². The number of aromatic nitrogens is 2. The minimum Gasteiger partial charge on any atom is -0.437 e. The molecule has 0 amide bonds. The van der Waals surface area contributed by atoms with Gasteiger partial charge in [-0.3, -0.25) is 4.98 Å². The average Bonchev–Trinajstić information content (AvgIpc) is 2.88. The maximum atomic E-state index is 6.31. The van der Waals surface area contributed by atoms with Crippen molar-refractivity contribution >= 4 is 0 Å². The molecule has 0 aliphatic rings. The molecule has 0 bridgehead atoms. The lowest BCUT2D eigenvalue weighted by atomic mass is 9.67. The van der Waals surface area contributed by atoms with Crippen molar-refractivity contribution in [3.05, 3.63) is 156 Å². The van der Waals surface area contributed by atoms with Crippen LogP contribution in [0.3, 0.4) is 0 Å². The summed E-state index contributed by atoms with van der Waals surface area (Å²) in [5, 5.41) is 0. The molecule has 0 saturated heterocycles. The predicted octanol–water partition coefficient (Wildman–Crippen LogP) is 6.65. The molecule has 0 aliphatic carbocycles. The van der Waals surface area contributed by atoms with Gasteiger partial charge in [-0.15, -0.1) is 0 Å². The van der Waals surface area contributed by atoms with Gasteiger partial charge in [-0.1, -0.05) is 109 Å². The molecule has 0 fully saturated rings. The largest absolute Gasteiger partial charge is 0.437 e. The van der Waals surface area contributed by atoms with Crippen LogP contribution in [-0.2, 0) is 5.41 Å². The third-order valence-corrected chi connectivity index (χ3v) is 5.60. The summed E-state index contributed by atoms with van der Waals surface area (Å²) in [6, 6.07) is 41.0. The zero-order chi connectivity index (χ0) is 21.6. The highest BCUT2D eigenvalue weighted by atomic mass is 16.5. The Morgan fingerprint density at radius 3 is 1.34 bits per heavy atom. The quantitative estimate of drug-likeness (QED) is 0.292. The third kappa shape index (κ3) is 3.54. The normalized spacial score (nSPS) is 11.1. The lowest BCUT2D eigenvalue weighted by Gasteiger charge is -2.36. The van der Waals surface area contributed by atoms with Crippen LogP contribution in [0.2, 0.25) is 0 Å². The first kappa shape index (κ1) is 19.7. The molecule has 0 unspecified atom stereocenters. The van der Waals surface area contributed by atoms with E-state index in [1.807, 2.05) is 48.5 Å². The molecule has 4 aromatic carbocycles. The van der Waals surface area contributed by atoms with Crippen molar-refractivity contribution in [2.75, 3.05) is 0 Å². The standard InChI is InChI=1S/C29H22N2O/c1-5-13-23(14-6-1)29(24-15-7-2-8-16-24,25-17-9-3-10-18-25)27-28(31-22-21-30-27)32-26-19-11-4-12-20-26/h1-22H. The van der Waals surface area contributed by atoms with Crippen molar-refractivity contribution in [2.24, 2.45) is 0 Å². The third-order valence-electron chi connectivity index (χ3n) is 5.60. The second kappa shape index (κ2) is 8.86. The van der Waals surface area contributed by atoms with Gasteiger partial charge in [-0.2, -0.15) is 0 Å². The average molecular weight is 415 g/mol. The number of rotatable bonds is 6. The minimum atomic E-state index is -0.706. The Labute approximate surface area is 188 Å². The van der Waals surface area contributed by atoms with Gasteiger partial charge in [0, 0.05) is 12.4 Å². The zero-order valence-electron chi connectivity index (χ0n) is 17.5. The zero-order valence-corrected chi connectivity index (χ0v) is 17.5. The molecule has 32 heavy (non-hydrogen) atoms. The van der Waals surface area contributed by atoms with E-state index in [0.717, 1.165) is 28.1 Å². The van der Waals surface area contributed by atoms with Gasteiger partial charge in [0.1, 0.15) is 11.4 Å². The Balaban J connectivity index is 1.84. The van der Waals surface area contributed by atoms with E-state index in [9.17, 15) is 0 Å². The van der Waals surface area contributed by atoms with E-state index in [0.29, 0.717) is 5.88 Å². The molecule has 1 aromatic heterocycles. The number of benzene rings is 4. The number of ether oxygens (including phenoxy) is 1. The molecule has 0 radical (unpaired) electrons. The first-order valence-corrected chi connectivity index (χ1v) is 10.6. The summed E-state index contributed by atoms with van der Waals surface area (Å²) < 4.78 is 6.31. The van der Waals surface area contributed by atoms with E-state index < -0.39 is 5.41 Å². The van der Waals surface area contributed by atoms with Crippen molar-refractivity contribution < 1.29 is 4.74 Å². The summed E-state index contributed by atoms with van der Waals surface area (Å²) in [6.45, 7) is 0. The molecule has 5 rings (SSSR count). The van der Waals surface area contributed by atoms with E-state index in [1.54, 1.807) is 12.4 Å². The lowest BCUT2D eigenvalue weighted by molar-refractivity contribution is 0.443. The first-order valence-electron chi connectivity index (χ1n) is 10.6. The number of hydrogen-bond donors (Lipinski definition) is 0. The molecule has 1 heterocycles. The highest BCUT2D eigenvalue weighted by Crippen LogP contribution is 2.47. The summed E-state index contributed by atoms with van der Waals surface area (Å²) in [5.74, 6) is 1.20. The number of para-hydroxylation sites is 1. The van der Waals surface area contributed by atoms with Crippen LogP contribution in [0, 0.1) is 0 Å². The summed E-state index contributed by atoms with van der Waals surface area (Å²) in [6.07, 6.45) is 3.41. The monoisotopic (exact) mass is 414 g/mol. The molecule has 5 aromatic rings. The van der Waals surface area contributed by atoms with Gasteiger partial charge >= 0.3 is 0 Å². The van der Waals surface area contributed by atoms with Crippen molar-refractivity contribution in [1.29, 1.82) is 0 Å². The fraction of sp³-hybridized carbons (Fsp3) is 0.0345. The molecule has 0 aliphatic heterocycles. The molecule has 0 spiro atoms. The fourth-order valence-electron chi connectivity index (χ4n) is 4.23. The van der Waals surface area contributed by atoms with E-state index in [-0.39, 0.29) is 0 Å². The van der Waals surface area contributed by atoms with Crippen LogP contribution in [0.25, 0.3) is 0 Å². The predicted molar refractivity (Wildman–Crippen MR) is 127 cm³/mol. The molecular formula is C29H22N2O. The Morgan fingerprint density at radius 1 is 0.469 bits per heavy atom. The van der Waals surface area contributed by atoms with E-state index in [2.05, 4.69) is 77.8 Å². The first-order chi connectivity index (χ1) is 15.9. The fourth-order valence-corrected chi connectivity index (χ4v) is 4.23. The molecular weight excluding hydrogens is 392 g/mol. The SMILES string of the molecule is c1ccc(Oc2nccnc2C(c2ccccc2)(c2ccccc2)c2ccccc2)cc1. The van der Waals surface area contributed by atoms with E-state index in [1.165, 1.54) is 0 Å². The Morgan fingerprint density at radius 2 is 0.875 bits per heavy atom. The van der Waals surface area contributed by atoms with Crippen molar-refractivity contribution in [3.63, 3.8) is 0 Å². The molecule has 154 valence electrons. The second-order valence-corrected chi connectivity index (χ2v) is 7.47. The molecule has 3 heteroatoms. The van der Waals surface area contributed by atoms with Gasteiger partial charge in [0.05, 0.1) is 5.41 Å². The smallest absolute Gasteiger partial charge is 0.242 e. The Bertz CT molecular complexity index is 1180. The van der Waals surface area contributed by atoms with Crippen LogP contribution >= 0.6 is 0 Å². The highest BCUT2D eigenvalue weighted by Gasteiger charge is 2.42. The van der Waals surface area contributed by atoms with Crippen LogP contribution < -0.4 is 4.74 Å². The maximum Gasteiger partial charge on any atom is 0.242 e. The van der Waals surface area contributed by atoms with Crippen molar-refractivity contribution in [3.8, 4) is 11.6 Å². The summed E-state index contributed by atoms with van der Waals surface area (Å²) in [5.41, 5.74) is 3.32. The lowest BCUT2D eigenvalue weighted by Crippen LogP contribution is -2.32. The maximum absolute atomic E-state index is 6.31. The second-order valence-electron chi connectivity index (χ2n) is 7.47. The summed E-state index contributed by atoms with van der Waals surface area (Å²) >= 11 is 0.